The van der Waals surface area contributed by atoms with Gasteiger partial charge in [-0.25, -0.2) is 0 Å². The summed E-state index contributed by atoms with van der Waals surface area (Å²) >= 11 is 0. The minimum absolute atomic E-state index is 0.0372. The largest absolute Gasteiger partial charge is 0.352 e. The molecule has 1 aromatic rings. The maximum atomic E-state index is 12.0. The Labute approximate surface area is 103 Å². The van der Waals surface area contributed by atoms with Crippen molar-refractivity contribution in [2.75, 3.05) is 6.54 Å². The zero-order chi connectivity index (χ0) is 13.2. The smallest absolute Gasteiger partial charge is 0.255 e. The van der Waals surface area contributed by atoms with E-state index in [1.165, 1.54) is 0 Å². The number of nitrogens with one attached hydrogen (secondary N) is 2. The van der Waals surface area contributed by atoms with E-state index in [-0.39, 0.29) is 11.3 Å². The van der Waals surface area contributed by atoms with Crippen LogP contribution in [0, 0.1) is 25.2 Å². The van der Waals surface area contributed by atoms with E-state index in [1.807, 2.05) is 13.8 Å². The SMILES string of the molecule is Cc1n[nH]c(C)c1C(=O)NCC(C)C(C)(C)C. The first kappa shape index (κ1) is 13.7. The molecule has 0 radical (unpaired) electrons. The molecule has 1 atom stereocenters. The summed E-state index contributed by atoms with van der Waals surface area (Å²) < 4.78 is 0. The average Bonchev–Trinajstić information content (AvgIpc) is 2.53. The highest BCUT2D eigenvalue weighted by molar-refractivity contribution is 5.96. The van der Waals surface area contributed by atoms with E-state index in [0.29, 0.717) is 18.0 Å². The van der Waals surface area contributed by atoms with Crippen LogP contribution in [0.4, 0.5) is 0 Å². The van der Waals surface area contributed by atoms with Gasteiger partial charge >= 0.3 is 0 Å². The van der Waals surface area contributed by atoms with Crippen molar-refractivity contribution in [2.45, 2.75) is 41.5 Å². The summed E-state index contributed by atoms with van der Waals surface area (Å²) in [4.78, 5) is 12.0. The molecular formula is C13H23N3O. The number of hydrogen-bond acceptors (Lipinski definition) is 2. The predicted molar refractivity (Wildman–Crippen MR) is 69.0 cm³/mol. The van der Waals surface area contributed by atoms with Crippen molar-refractivity contribution in [3.63, 3.8) is 0 Å². The van der Waals surface area contributed by atoms with Crippen molar-refractivity contribution < 1.29 is 4.79 Å². The molecule has 1 unspecified atom stereocenters. The van der Waals surface area contributed by atoms with E-state index in [1.54, 1.807) is 0 Å². The Morgan fingerprint density at radius 2 is 2.00 bits per heavy atom. The van der Waals surface area contributed by atoms with Gasteiger partial charge in [0.1, 0.15) is 0 Å². The highest BCUT2D eigenvalue weighted by atomic mass is 16.1. The van der Waals surface area contributed by atoms with Crippen molar-refractivity contribution in [2.24, 2.45) is 11.3 Å². The number of carbonyl (C=O) groups is 1. The third-order valence-electron chi connectivity index (χ3n) is 3.40. The summed E-state index contributed by atoms with van der Waals surface area (Å²) in [5.74, 6) is 0.392. The van der Waals surface area contributed by atoms with E-state index >= 15 is 0 Å². The normalized spacial score (nSPS) is 13.5. The summed E-state index contributed by atoms with van der Waals surface area (Å²) in [5, 5.41) is 9.83. The van der Waals surface area contributed by atoms with Gasteiger partial charge in [0.25, 0.3) is 5.91 Å². The van der Waals surface area contributed by atoms with Crippen LogP contribution in [0.15, 0.2) is 0 Å². The van der Waals surface area contributed by atoms with Crippen molar-refractivity contribution >= 4 is 5.91 Å². The maximum absolute atomic E-state index is 12.0. The first-order chi connectivity index (χ1) is 7.73. The number of hydrogen-bond donors (Lipinski definition) is 2. The molecule has 4 nitrogen and oxygen atoms in total. The van der Waals surface area contributed by atoms with Gasteiger partial charge in [0.05, 0.1) is 11.3 Å². The van der Waals surface area contributed by atoms with Crippen LogP contribution in [0.5, 0.6) is 0 Å². The van der Waals surface area contributed by atoms with E-state index in [9.17, 15) is 4.79 Å². The predicted octanol–water partition coefficient (Wildman–Crippen LogP) is 2.44. The summed E-state index contributed by atoms with van der Waals surface area (Å²) in [6.45, 7) is 13.1. The molecule has 1 rings (SSSR count). The van der Waals surface area contributed by atoms with Gasteiger partial charge in [-0.05, 0) is 25.2 Å². The lowest BCUT2D eigenvalue weighted by atomic mass is 9.82. The van der Waals surface area contributed by atoms with Crippen molar-refractivity contribution in [1.29, 1.82) is 0 Å². The summed E-state index contributed by atoms with van der Waals surface area (Å²) in [7, 11) is 0. The fourth-order valence-electron chi connectivity index (χ4n) is 1.53. The molecule has 1 heterocycles. The third kappa shape index (κ3) is 3.32. The first-order valence-corrected chi connectivity index (χ1v) is 6.03. The molecule has 0 saturated heterocycles. The lowest BCUT2D eigenvalue weighted by molar-refractivity contribution is 0.0936. The Morgan fingerprint density at radius 3 is 2.41 bits per heavy atom. The molecule has 96 valence electrons. The van der Waals surface area contributed by atoms with Gasteiger partial charge in [0, 0.05) is 12.2 Å². The van der Waals surface area contributed by atoms with Crippen molar-refractivity contribution in [3.8, 4) is 0 Å². The van der Waals surface area contributed by atoms with Crippen LogP contribution in [0.25, 0.3) is 0 Å². The van der Waals surface area contributed by atoms with E-state index in [2.05, 4.69) is 43.2 Å². The highest BCUT2D eigenvalue weighted by Gasteiger charge is 2.22. The van der Waals surface area contributed by atoms with Gasteiger partial charge in [-0.15, -0.1) is 0 Å². The van der Waals surface area contributed by atoms with Crippen LogP contribution in [-0.4, -0.2) is 22.6 Å². The number of aromatic amines is 1. The highest BCUT2D eigenvalue weighted by Crippen LogP contribution is 2.24. The van der Waals surface area contributed by atoms with Gasteiger partial charge < -0.3 is 5.32 Å². The van der Waals surface area contributed by atoms with Crippen molar-refractivity contribution in [1.82, 2.24) is 15.5 Å². The number of rotatable bonds is 3. The van der Waals surface area contributed by atoms with Crippen LogP contribution in [-0.2, 0) is 0 Å². The molecule has 0 saturated carbocycles. The second kappa shape index (κ2) is 4.90. The Bertz CT molecular complexity index is 382. The van der Waals surface area contributed by atoms with Gasteiger partial charge in [-0.3, -0.25) is 9.89 Å². The fourth-order valence-corrected chi connectivity index (χ4v) is 1.53. The molecule has 4 heteroatoms. The quantitative estimate of drug-likeness (QED) is 0.848. The Morgan fingerprint density at radius 1 is 1.41 bits per heavy atom. The number of carbonyl (C=O) groups excluding carboxylic acids is 1. The first-order valence-electron chi connectivity index (χ1n) is 6.03. The minimum atomic E-state index is -0.0372. The van der Waals surface area contributed by atoms with Crippen LogP contribution in [0.2, 0.25) is 0 Å². The van der Waals surface area contributed by atoms with Gasteiger partial charge in [-0.2, -0.15) is 5.10 Å². The lowest BCUT2D eigenvalue weighted by Crippen LogP contribution is -2.34. The van der Waals surface area contributed by atoms with Crippen LogP contribution in [0.1, 0.15) is 49.4 Å². The average molecular weight is 237 g/mol. The molecule has 0 aliphatic heterocycles. The fraction of sp³-hybridized carbons (Fsp3) is 0.692. The van der Waals surface area contributed by atoms with E-state index in [0.717, 1.165) is 11.4 Å². The number of aryl methyl sites for hydroxylation is 2. The summed E-state index contributed by atoms with van der Waals surface area (Å²) in [6, 6.07) is 0. The van der Waals surface area contributed by atoms with Gasteiger partial charge in [-0.1, -0.05) is 27.7 Å². The van der Waals surface area contributed by atoms with Crippen LogP contribution < -0.4 is 5.32 Å². The Kier molecular flexibility index (Phi) is 3.96. The van der Waals surface area contributed by atoms with Crippen molar-refractivity contribution in [3.05, 3.63) is 17.0 Å². The standard InChI is InChI=1S/C13H23N3O/c1-8(13(4,5)6)7-14-12(17)11-9(2)15-16-10(11)3/h8H,7H2,1-6H3,(H,14,17)(H,15,16). The number of H-pyrrole nitrogens is 1. The molecule has 0 spiro atoms. The third-order valence-corrected chi connectivity index (χ3v) is 3.40. The zero-order valence-electron chi connectivity index (χ0n) is 11.6. The minimum Gasteiger partial charge on any atom is -0.352 e. The van der Waals surface area contributed by atoms with Crippen LogP contribution in [0.3, 0.4) is 0 Å². The molecule has 0 fully saturated rings. The number of nitrogens with zero attached hydrogens (tertiary/aromatic N) is 1. The molecule has 0 aromatic carbocycles. The molecule has 2 N–H and O–H groups in total. The second-order valence-corrected chi connectivity index (χ2v) is 5.79. The molecule has 0 bridgehead atoms. The number of amides is 1. The Balaban J connectivity index is 2.63. The molecule has 0 aliphatic carbocycles. The molecule has 17 heavy (non-hydrogen) atoms. The van der Waals surface area contributed by atoms with E-state index in [4.69, 9.17) is 0 Å². The van der Waals surface area contributed by atoms with Crippen LogP contribution >= 0.6 is 0 Å². The van der Waals surface area contributed by atoms with Gasteiger partial charge in [0.15, 0.2) is 0 Å². The maximum Gasteiger partial charge on any atom is 0.255 e. The molecular weight excluding hydrogens is 214 g/mol. The second-order valence-electron chi connectivity index (χ2n) is 5.79. The topological polar surface area (TPSA) is 57.8 Å². The lowest BCUT2D eigenvalue weighted by Gasteiger charge is -2.27. The molecule has 1 aromatic heterocycles. The monoisotopic (exact) mass is 237 g/mol. The van der Waals surface area contributed by atoms with E-state index < -0.39 is 0 Å². The molecule has 1 amide bonds. The summed E-state index contributed by atoms with van der Waals surface area (Å²) in [5.41, 5.74) is 2.45. The zero-order valence-corrected chi connectivity index (χ0v) is 11.6. The number of aromatic nitrogens is 2. The Hall–Kier alpha value is -1.32. The van der Waals surface area contributed by atoms with Gasteiger partial charge in [0.2, 0.25) is 0 Å². The summed E-state index contributed by atoms with van der Waals surface area (Å²) in [6.07, 6.45) is 0. The molecule has 0 aliphatic rings.